The molecule has 2 N–H and O–H groups in total. The van der Waals surface area contributed by atoms with Crippen LogP contribution in [0.15, 0.2) is 54.6 Å². The highest BCUT2D eigenvalue weighted by Crippen LogP contribution is 2.24. The van der Waals surface area contributed by atoms with Crippen LogP contribution in [0.4, 0.5) is 18.9 Å². The Bertz CT molecular complexity index is 954. The van der Waals surface area contributed by atoms with Crippen molar-refractivity contribution in [3.63, 3.8) is 0 Å². The molecule has 0 aliphatic carbocycles. The molecule has 0 fully saturated rings. The van der Waals surface area contributed by atoms with Gasteiger partial charge in [-0.3, -0.25) is 4.79 Å². The normalized spacial score (nSPS) is 12.2. The highest BCUT2D eigenvalue weighted by molar-refractivity contribution is 5.92. The molecule has 6 heteroatoms. The monoisotopic (exact) mass is 358 g/mol. The fraction of sp³-hybridized carbons (Fsp3) is 0.150. The number of nitrogens with one attached hydrogen (secondary N) is 2. The summed E-state index contributed by atoms with van der Waals surface area (Å²) in [4.78, 5) is 12.0. The Balaban J connectivity index is 1.67. The van der Waals surface area contributed by atoms with Crippen molar-refractivity contribution in [1.29, 1.82) is 0 Å². The highest BCUT2D eigenvalue weighted by atomic mass is 19.2. The number of halogens is 3. The van der Waals surface area contributed by atoms with Gasteiger partial charge in [0.25, 0.3) is 0 Å². The molecule has 0 unspecified atom stereocenters. The van der Waals surface area contributed by atoms with Crippen molar-refractivity contribution < 1.29 is 18.0 Å². The number of rotatable bonds is 5. The van der Waals surface area contributed by atoms with Crippen LogP contribution >= 0.6 is 0 Å². The van der Waals surface area contributed by atoms with Gasteiger partial charge >= 0.3 is 0 Å². The second-order valence-corrected chi connectivity index (χ2v) is 5.94. The van der Waals surface area contributed by atoms with Crippen LogP contribution in [0.2, 0.25) is 0 Å². The van der Waals surface area contributed by atoms with Crippen molar-refractivity contribution in [1.82, 2.24) is 5.32 Å². The van der Waals surface area contributed by atoms with Crippen molar-refractivity contribution >= 4 is 22.4 Å². The lowest BCUT2D eigenvalue weighted by atomic mass is 10.00. The molecular formula is C20H17F3N2O. The molecule has 3 rings (SSSR count). The maximum Gasteiger partial charge on any atom is 0.238 e. The molecule has 0 aliphatic heterocycles. The number of carbonyl (C=O) groups is 1. The van der Waals surface area contributed by atoms with Gasteiger partial charge in [0, 0.05) is 6.04 Å². The van der Waals surface area contributed by atoms with Crippen molar-refractivity contribution in [2.24, 2.45) is 0 Å². The summed E-state index contributed by atoms with van der Waals surface area (Å²) in [6, 6.07) is 15.4. The molecule has 0 saturated carbocycles. The van der Waals surface area contributed by atoms with Gasteiger partial charge in [-0.2, -0.15) is 0 Å². The van der Waals surface area contributed by atoms with Gasteiger partial charge in [0.2, 0.25) is 5.91 Å². The zero-order valence-electron chi connectivity index (χ0n) is 14.0. The summed E-state index contributed by atoms with van der Waals surface area (Å²) in [5.41, 5.74) is 0.628. The number of carbonyl (C=O) groups excluding carboxylic acids is 1. The Kier molecular flexibility index (Phi) is 5.23. The van der Waals surface area contributed by atoms with Gasteiger partial charge < -0.3 is 10.6 Å². The summed E-state index contributed by atoms with van der Waals surface area (Å²) in [7, 11) is 0. The van der Waals surface area contributed by atoms with Crippen molar-refractivity contribution in [2.75, 3.05) is 11.9 Å². The smallest absolute Gasteiger partial charge is 0.238 e. The van der Waals surface area contributed by atoms with E-state index in [4.69, 9.17) is 0 Å². The lowest BCUT2D eigenvalue weighted by Crippen LogP contribution is -2.30. The molecule has 0 radical (unpaired) electrons. The predicted molar refractivity (Wildman–Crippen MR) is 95.3 cm³/mol. The molecule has 3 aromatic carbocycles. The first-order valence-corrected chi connectivity index (χ1v) is 8.11. The molecule has 26 heavy (non-hydrogen) atoms. The topological polar surface area (TPSA) is 41.1 Å². The first-order chi connectivity index (χ1) is 12.5. The molecule has 1 atom stereocenters. The van der Waals surface area contributed by atoms with Crippen LogP contribution < -0.4 is 10.6 Å². The van der Waals surface area contributed by atoms with E-state index in [1.165, 1.54) is 0 Å². The van der Waals surface area contributed by atoms with E-state index in [0.717, 1.165) is 28.5 Å². The van der Waals surface area contributed by atoms with Crippen LogP contribution in [0.3, 0.4) is 0 Å². The Hall–Kier alpha value is -2.86. The zero-order chi connectivity index (χ0) is 18.7. The minimum Gasteiger partial charge on any atom is -0.322 e. The molecule has 3 aromatic rings. The summed E-state index contributed by atoms with van der Waals surface area (Å²) in [5.74, 6) is -4.88. The average Bonchev–Trinajstić information content (AvgIpc) is 2.66. The number of amides is 1. The zero-order valence-corrected chi connectivity index (χ0v) is 14.0. The molecule has 0 aromatic heterocycles. The van der Waals surface area contributed by atoms with E-state index >= 15 is 0 Å². The summed E-state index contributed by atoms with van der Waals surface area (Å²) in [6.07, 6.45) is 0. The fourth-order valence-corrected chi connectivity index (χ4v) is 2.80. The fourth-order valence-electron chi connectivity index (χ4n) is 2.80. The number of hydrogen-bond acceptors (Lipinski definition) is 2. The second-order valence-electron chi connectivity index (χ2n) is 5.94. The van der Waals surface area contributed by atoms with Gasteiger partial charge in [-0.1, -0.05) is 42.5 Å². The standard InChI is InChI=1S/C20H17F3N2O/c1-12(14-8-4-6-13-5-2-3-7-15(13)14)24-11-18(26)25-17-10-9-16(21)19(22)20(17)23/h2-10,12,24H,11H2,1H3,(H,25,26)/t12-/m1/s1. The van der Waals surface area contributed by atoms with Crippen LogP contribution in [-0.4, -0.2) is 12.5 Å². The van der Waals surface area contributed by atoms with Crippen LogP contribution in [0, 0.1) is 17.5 Å². The molecule has 0 heterocycles. The van der Waals surface area contributed by atoms with E-state index in [9.17, 15) is 18.0 Å². The van der Waals surface area contributed by atoms with Gasteiger partial charge in [-0.05, 0) is 35.4 Å². The summed E-state index contributed by atoms with van der Waals surface area (Å²) in [6.45, 7) is 1.80. The summed E-state index contributed by atoms with van der Waals surface area (Å²) >= 11 is 0. The largest absolute Gasteiger partial charge is 0.322 e. The molecule has 3 nitrogen and oxygen atoms in total. The van der Waals surface area contributed by atoms with Crippen LogP contribution in [0.1, 0.15) is 18.5 Å². The first kappa shape index (κ1) is 17.9. The van der Waals surface area contributed by atoms with Crippen molar-refractivity contribution in [2.45, 2.75) is 13.0 Å². The van der Waals surface area contributed by atoms with Gasteiger partial charge in [0.1, 0.15) is 0 Å². The molecule has 1 amide bonds. The summed E-state index contributed by atoms with van der Waals surface area (Å²) in [5, 5.41) is 7.45. The van der Waals surface area contributed by atoms with Gasteiger partial charge in [-0.15, -0.1) is 0 Å². The Morgan fingerprint density at radius 2 is 1.69 bits per heavy atom. The molecule has 0 spiro atoms. The van der Waals surface area contributed by atoms with E-state index in [1.54, 1.807) is 0 Å². The van der Waals surface area contributed by atoms with Crippen LogP contribution in [-0.2, 0) is 4.79 Å². The van der Waals surface area contributed by atoms with Crippen LogP contribution in [0.25, 0.3) is 10.8 Å². The van der Waals surface area contributed by atoms with Crippen molar-refractivity contribution in [3.8, 4) is 0 Å². The minimum atomic E-state index is -1.61. The van der Waals surface area contributed by atoms with Gasteiger partial charge in [-0.25, -0.2) is 13.2 Å². The molecular weight excluding hydrogens is 341 g/mol. The number of anilines is 1. The van der Waals surface area contributed by atoms with E-state index in [2.05, 4.69) is 10.6 Å². The molecule has 0 bridgehead atoms. The van der Waals surface area contributed by atoms with E-state index < -0.39 is 29.0 Å². The van der Waals surface area contributed by atoms with Crippen molar-refractivity contribution in [3.05, 3.63) is 77.6 Å². The Labute approximate surface area is 148 Å². The highest BCUT2D eigenvalue weighted by Gasteiger charge is 2.16. The Morgan fingerprint density at radius 1 is 0.962 bits per heavy atom. The van der Waals surface area contributed by atoms with Crippen LogP contribution in [0.5, 0.6) is 0 Å². The SMILES string of the molecule is C[C@@H](NCC(=O)Nc1ccc(F)c(F)c1F)c1cccc2ccccc12. The average molecular weight is 358 g/mol. The number of benzene rings is 3. The lowest BCUT2D eigenvalue weighted by molar-refractivity contribution is -0.115. The maximum atomic E-state index is 13.6. The third-order valence-electron chi connectivity index (χ3n) is 4.17. The minimum absolute atomic E-state index is 0.108. The second kappa shape index (κ2) is 7.58. The molecule has 134 valence electrons. The number of hydrogen-bond donors (Lipinski definition) is 2. The third-order valence-corrected chi connectivity index (χ3v) is 4.17. The number of fused-ring (bicyclic) bond motifs is 1. The van der Waals surface area contributed by atoms with E-state index in [0.29, 0.717) is 0 Å². The first-order valence-electron chi connectivity index (χ1n) is 8.11. The lowest BCUT2D eigenvalue weighted by Gasteiger charge is -2.16. The molecule has 0 saturated heterocycles. The Morgan fingerprint density at radius 3 is 2.50 bits per heavy atom. The third kappa shape index (κ3) is 3.70. The predicted octanol–water partition coefficient (Wildman–Crippen LogP) is 4.55. The van der Waals surface area contributed by atoms with E-state index in [-0.39, 0.29) is 12.6 Å². The van der Waals surface area contributed by atoms with E-state index in [1.807, 2.05) is 49.4 Å². The van der Waals surface area contributed by atoms with Gasteiger partial charge in [0.05, 0.1) is 12.2 Å². The maximum absolute atomic E-state index is 13.6. The molecule has 0 aliphatic rings. The van der Waals surface area contributed by atoms with Gasteiger partial charge in [0.15, 0.2) is 17.5 Å². The quantitative estimate of drug-likeness (QED) is 0.657. The summed E-state index contributed by atoms with van der Waals surface area (Å²) < 4.78 is 39.7.